The van der Waals surface area contributed by atoms with Crippen LogP contribution in [0, 0.1) is 6.92 Å². The molecular weight excluding hydrogens is 208 g/mol. The number of nitrogens with zero attached hydrogens (tertiary/aromatic N) is 4. The summed E-state index contributed by atoms with van der Waals surface area (Å²) in [6, 6.07) is 6.08. The van der Waals surface area contributed by atoms with Crippen molar-refractivity contribution in [2.24, 2.45) is 0 Å². The lowest BCUT2D eigenvalue weighted by Gasteiger charge is -1.98. The SMILES string of the molecule is Cc1nc2ccc(-n3ccnn3)cc2s1. The van der Waals surface area contributed by atoms with Crippen LogP contribution in [0.4, 0.5) is 0 Å². The third-order valence-corrected chi connectivity index (χ3v) is 3.10. The molecule has 0 aliphatic carbocycles. The van der Waals surface area contributed by atoms with Gasteiger partial charge in [0, 0.05) is 0 Å². The van der Waals surface area contributed by atoms with Gasteiger partial charge in [-0.2, -0.15) is 0 Å². The van der Waals surface area contributed by atoms with Gasteiger partial charge in [-0.25, -0.2) is 9.67 Å². The maximum atomic E-state index is 4.41. The van der Waals surface area contributed by atoms with E-state index in [4.69, 9.17) is 0 Å². The van der Waals surface area contributed by atoms with Crippen molar-refractivity contribution in [1.29, 1.82) is 0 Å². The van der Waals surface area contributed by atoms with Crippen LogP contribution in [0.25, 0.3) is 15.9 Å². The molecule has 0 amide bonds. The first-order valence-electron chi connectivity index (χ1n) is 4.57. The minimum Gasteiger partial charge on any atom is -0.242 e. The quantitative estimate of drug-likeness (QED) is 0.626. The summed E-state index contributed by atoms with van der Waals surface area (Å²) < 4.78 is 2.93. The van der Waals surface area contributed by atoms with Crippen LogP contribution >= 0.6 is 11.3 Å². The highest BCUT2D eigenvalue weighted by atomic mass is 32.1. The fourth-order valence-corrected chi connectivity index (χ4v) is 2.38. The van der Waals surface area contributed by atoms with Gasteiger partial charge in [-0.1, -0.05) is 5.21 Å². The molecule has 0 aliphatic rings. The Morgan fingerprint density at radius 2 is 2.27 bits per heavy atom. The fraction of sp³-hybridized carbons (Fsp3) is 0.100. The summed E-state index contributed by atoms with van der Waals surface area (Å²) in [6.07, 6.45) is 3.50. The number of fused-ring (bicyclic) bond motifs is 1. The number of hydrogen-bond acceptors (Lipinski definition) is 4. The first kappa shape index (κ1) is 8.55. The maximum Gasteiger partial charge on any atom is 0.0907 e. The van der Waals surface area contributed by atoms with Crippen LogP contribution in [-0.4, -0.2) is 20.0 Å². The van der Waals surface area contributed by atoms with Crippen molar-refractivity contribution in [3.8, 4) is 5.69 Å². The predicted octanol–water partition coefficient (Wildman–Crippen LogP) is 2.19. The Labute approximate surface area is 90.2 Å². The third-order valence-electron chi connectivity index (χ3n) is 2.17. The van der Waals surface area contributed by atoms with E-state index in [1.807, 2.05) is 25.3 Å². The smallest absolute Gasteiger partial charge is 0.0907 e. The number of thiazole rings is 1. The summed E-state index contributed by atoms with van der Waals surface area (Å²) in [5.74, 6) is 0. The van der Waals surface area contributed by atoms with Crippen molar-refractivity contribution in [3.05, 3.63) is 35.6 Å². The van der Waals surface area contributed by atoms with Gasteiger partial charge in [0.15, 0.2) is 0 Å². The molecule has 3 rings (SSSR count). The molecule has 0 bridgehead atoms. The second-order valence-corrected chi connectivity index (χ2v) is 4.47. The minimum absolute atomic E-state index is 1.02. The Morgan fingerprint density at radius 3 is 3.07 bits per heavy atom. The summed E-state index contributed by atoms with van der Waals surface area (Å²) >= 11 is 1.69. The van der Waals surface area contributed by atoms with E-state index in [1.54, 1.807) is 22.2 Å². The highest BCUT2D eigenvalue weighted by Crippen LogP contribution is 2.23. The summed E-state index contributed by atoms with van der Waals surface area (Å²) in [4.78, 5) is 4.41. The third kappa shape index (κ3) is 1.41. The second-order valence-electron chi connectivity index (χ2n) is 3.23. The molecule has 0 N–H and O–H groups in total. The van der Waals surface area contributed by atoms with E-state index in [2.05, 4.69) is 21.4 Å². The van der Waals surface area contributed by atoms with Gasteiger partial charge in [-0.3, -0.25) is 0 Å². The van der Waals surface area contributed by atoms with Gasteiger partial charge in [-0.15, -0.1) is 16.4 Å². The zero-order valence-corrected chi connectivity index (χ0v) is 8.90. The number of hydrogen-bond donors (Lipinski definition) is 0. The molecular formula is C10H8N4S. The number of benzene rings is 1. The second kappa shape index (κ2) is 3.13. The summed E-state index contributed by atoms with van der Waals surface area (Å²) in [7, 11) is 0. The number of aromatic nitrogens is 4. The molecule has 0 spiro atoms. The molecule has 3 aromatic rings. The molecule has 0 saturated carbocycles. The molecule has 0 atom stereocenters. The van der Waals surface area contributed by atoms with Gasteiger partial charge in [0.1, 0.15) is 0 Å². The molecule has 4 nitrogen and oxygen atoms in total. The average molecular weight is 216 g/mol. The van der Waals surface area contributed by atoms with Crippen molar-refractivity contribution in [2.45, 2.75) is 6.92 Å². The summed E-state index contributed by atoms with van der Waals surface area (Å²) in [6.45, 7) is 2.01. The topological polar surface area (TPSA) is 43.6 Å². The molecule has 2 heterocycles. The van der Waals surface area contributed by atoms with Crippen LogP contribution in [0.3, 0.4) is 0 Å². The lowest BCUT2D eigenvalue weighted by Crippen LogP contribution is -1.93. The number of aryl methyl sites for hydroxylation is 1. The molecule has 2 aromatic heterocycles. The van der Waals surface area contributed by atoms with Crippen LogP contribution in [-0.2, 0) is 0 Å². The Hall–Kier alpha value is -1.75. The van der Waals surface area contributed by atoms with E-state index in [0.29, 0.717) is 0 Å². The molecule has 0 aliphatic heterocycles. The van der Waals surface area contributed by atoms with Gasteiger partial charge in [0.05, 0.1) is 33.3 Å². The van der Waals surface area contributed by atoms with Gasteiger partial charge >= 0.3 is 0 Å². The molecule has 15 heavy (non-hydrogen) atoms. The zero-order valence-electron chi connectivity index (χ0n) is 8.08. The van der Waals surface area contributed by atoms with E-state index < -0.39 is 0 Å². The average Bonchev–Trinajstić information content (AvgIpc) is 2.82. The maximum absolute atomic E-state index is 4.41. The van der Waals surface area contributed by atoms with E-state index in [0.717, 1.165) is 16.2 Å². The largest absolute Gasteiger partial charge is 0.242 e. The molecule has 0 unspecified atom stereocenters. The molecule has 0 radical (unpaired) electrons. The Bertz CT molecular complexity index is 597. The van der Waals surface area contributed by atoms with E-state index in [9.17, 15) is 0 Å². The lowest BCUT2D eigenvalue weighted by atomic mass is 10.3. The standard InChI is InChI=1S/C10H8N4S/c1-7-12-9-3-2-8(6-10(9)15-7)14-5-4-11-13-14/h2-6H,1H3. The van der Waals surface area contributed by atoms with Crippen molar-refractivity contribution in [3.63, 3.8) is 0 Å². The zero-order chi connectivity index (χ0) is 10.3. The van der Waals surface area contributed by atoms with Crippen molar-refractivity contribution >= 4 is 21.6 Å². The summed E-state index contributed by atoms with van der Waals surface area (Å²) in [5, 5.41) is 8.82. The van der Waals surface area contributed by atoms with Gasteiger partial charge < -0.3 is 0 Å². The molecule has 1 aromatic carbocycles. The van der Waals surface area contributed by atoms with Gasteiger partial charge in [0.25, 0.3) is 0 Å². The van der Waals surface area contributed by atoms with Crippen LogP contribution in [0.15, 0.2) is 30.6 Å². The predicted molar refractivity (Wildman–Crippen MR) is 59.3 cm³/mol. The van der Waals surface area contributed by atoms with E-state index in [1.165, 1.54) is 4.70 Å². The van der Waals surface area contributed by atoms with Crippen molar-refractivity contribution in [1.82, 2.24) is 20.0 Å². The fourth-order valence-electron chi connectivity index (χ4n) is 1.52. The normalized spacial score (nSPS) is 11.0. The first-order chi connectivity index (χ1) is 7.33. The highest BCUT2D eigenvalue weighted by Gasteiger charge is 2.02. The van der Waals surface area contributed by atoms with Gasteiger partial charge in [0.2, 0.25) is 0 Å². The monoisotopic (exact) mass is 216 g/mol. The molecule has 74 valence electrons. The van der Waals surface area contributed by atoms with Crippen LogP contribution in [0.5, 0.6) is 0 Å². The van der Waals surface area contributed by atoms with E-state index >= 15 is 0 Å². The van der Waals surface area contributed by atoms with Crippen LogP contribution in [0.2, 0.25) is 0 Å². The minimum atomic E-state index is 1.02. The summed E-state index contributed by atoms with van der Waals surface area (Å²) in [5.41, 5.74) is 2.06. The lowest BCUT2D eigenvalue weighted by molar-refractivity contribution is 0.804. The number of rotatable bonds is 1. The first-order valence-corrected chi connectivity index (χ1v) is 5.38. The highest BCUT2D eigenvalue weighted by molar-refractivity contribution is 7.18. The van der Waals surface area contributed by atoms with Crippen LogP contribution in [0.1, 0.15) is 5.01 Å². The molecule has 0 fully saturated rings. The van der Waals surface area contributed by atoms with Crippen molar-refractivity contribution < 1.29 is 0 Å². The molecule has 0 saturated heterocycles. The van der Waals surface area contributed by atoms with Gasteiger partial charge in [-0.05, 0) is 25.1 Å². The molecule has 5 heteroatoms. The van der Waals surface area contributed by atoms with Crippen LogP contribution < -0.4 is 0 Å². The Balaban J connectivity index is 2.21. The van der Waals surface area contributed by atoms with E-state index in [-0.39, 0.29) is 0 Å². The Morgan fingerprint density at radius 1 is 1.33 bits per heavy atom. The Kier molecular flexibility index (Phi) is 1.78. The van der Waals surface area contributed by atoms with Crippen molar-refractivity contribution in [2.75, 3.05) is 0 Å².